The molecule has 0 amide bonds. The summed E-state index contributed by atoms with van der Waals surface area (Å²) in [5.74, 6) is -1.10. The summed E-state index contributed by atoms with van der Waals surface area (Å²) >= 11 is 0. The van der Waals surface area contributed by atoms with Crippen LogP contribution in [0.4, 0.5) is 26.0 Å². The number of nitrogens with zero attached hydrogens (tertiary/aromatic N) is 4. The number of fused-ring (bicyclic) bond motifs is 1. The Balaban J connectivity index is 1.70. The number of benzene rings is 1. The fraction of sp³-hybridized carbons (Fsp3) is 0.435. The van der Waals surface area contributed by atoms with Gasteiger partial charge in [-0.15, -0.1) is 0 Å². The molecule has 0 aliphatic carbocycles. The molecule has 2 aromatic heterocycles. The molecule has 0 saturated carbocycles. The van der Waals surface area contributed by atoms with Crippen molar-refractivity contribution in [3.63, 3.8) is 0 Å². The van der Waals surface area contributed by atoms with Gasteiger partial charge < -0.3 is 16.0 Å². The van der Waals surface area contributed by atoms with E-state index >= 15 is 0 Å². The second-order valence-electron chi connectivity index (χ2n) is 8.67. The van der Waals surface area contributed by atoms with E-state index in [1.54, 1.807) is 6.07 Å². The lowest BCUT2D eigenvalue weighted by Crippen LogP contribution is -2.19. The Labute approximate surface area is 180 Å². The van der Waals surface area contributed by atoms with Crippen molar-refractivity contribution in [2.24, 2.45) is 5.92 Å². The smallest absolute Gasteiger partial charge is 0.270 e. The van der Waals surface area contributed by atoms with Crippen LogP contribution in [-0.4, -0.2) is 28.0 Å². The van der Waals surface area contributed by atoms with Gasteiger partial charge in [-0.3, -0.25) is 0 Å². The molecule has 3 aromatic rings. The van der Waals surface area contributed by atoms with Crippen molar-refractivity contribution in [2.45, 2.75) is 46.1 Å². The van der Waals surface area contributed by atoms with Crippen molar-refractivity contribution in [3.8, 4) is 0 Å². The van der Waals surface area contributed by atoms with E-state index in [9.17, 15) is 8.78 Å². The van der Waals surface area contributed by atoms with Crippen LogP contribution in [0.5, 0.6) is 0 Å². The molecule has 3 N–H and O–H groups in total. The average Bonchev–Trinajstić information content (AvgIpc) is 3.12. The van der Waals surface area contributed by atoms with E-state index in [2.05, 4.69) is 38.2 Å². The Bertz CT molecular complexity index is 1110. The fourth-order valence-corrected chi connectivity index (χ4v) is 4.03. The number of nitrogens with one attached hydrogen (secondary N) is 1. The van der Waals surface area contributed by atoms with Gasteiger partial charge in [0.2, 0.25) is 0 Å². The Hall–Kier alpha value is -3.03. The third-order valence-electron chi connectivity index (χ3n) is 5.78. The van der Waals surface area contributed by atoms with E-state index in [1.807, 2.05) is 20.0 Å². The molecule has 8 heteroatoms. The molecule has 0 bridgehead atoms. The van der Waals surface area contributed by atoms with Crippen LogP contribution in [0, 0.1) is 12.8 Å². The zero-order chi connectivity index (χ0) is 22.3. The molecule has 0 spiro atoms. The maximum atomic E-state index is 13.9. The minimum Gasteiger partial charge on any atom is -0.399 e. The molecule has 1 aliphatic rings. The number of hydrogen-bond acceptors (Lipinski definition) is 6. The lowest BCUT2D eigenvalue weighted by atomic mass is 10.0. The van der Waals surface area contributed by atoms with Crippen LogP contribution in [-0.2, 0) is 5.92 Å². The molecule has 1 aromatic carbocycles. The van der Waals surface area contributed by atoms with Gasteiger partial charge in [0.1, 0.15) is 11.6 Å². The van der Waals surface area contributed by atoms with E-state index in [0.29, 0.717) is 34.5 Å². The average molecular weight is 427 g/mol. The van der Waals surface area contributed by atoms with Gasteiger partial charge in [0, 0.05) is 31.3 Å². The summed E-state index contributed by atoms with van der Waals surface area (Å²) in [6.07, 6.45) is 3.01. The monoisotopic (exact) mass is 426 g/mol. The van der Waals surface area contributed by atoms with Gasteiger partial charge in [-0.25, -0.2) is 23.7 Å². The number of anilines is 3. The van der Waals surface area contributed by atoms with E-state index in [-0.39, 0.29) is 11.6 Å². The summed E-state index contributed by atoms with van der Waals surface area (Å²) < 4.78 is 27.8. The predicted molar refractivity (Wildman–Crippen MR) is 121 cm³/mol. The molecule has 1 aliphatic heterocycles. The largest absolute Gasteiger partial charge is 0.399 e. The highest BCUT2D eigenvalue weighted by molar-refractivity contribution is 5.89. The highest BCUT2D eigenvalue weighted by Gasteiger charge is 2.26. The van der Waals surface area contributed by atoms with Crippen molar-refractivity contribution < 1.29 is 8.78 Å². The molecule has 6 nitrogen and oxygen atoms in total. The SMILES string of the molecule is Cc1nc(N[C@H](C)c2cc(N)cc(C(C)(F)F)c2)c2cc(N3CC[C@@H](C)C3)cnc2n1. The highest BCUT2D eigenvalue weighted by atomic mass is 19.3. The van der Waals surface area contributed by atoms with Gasteiger partial charge in [0.15, 0.2) is 5.65 Å². The lowest BCUT2D eigenvalue weighted by Gasteiger charge is -2.21. The van der Waals surface area contributed by atoms with Gasteiger partial charge >= 0.3 is 0 Å². The van der Waals surface area contributed by atoms with Crippen LogP contribution in [0.25, 0.3) is 11.0 Å². The molecule has 4 rings (SSSR count). The number of pyridine rings is 1. The summed E-state index contributed by atoms with van der Waals surface area (Å²) in [7, 11) is 0. The highest BCUT2D eigenvalue weighted by Crippen LogP contribution is 2.33. The minimum absolute atomic E-state index is 0.105. The molecule has 2 atom stereocenters. The first-order chi connectivity index (χ1) is 14.6. The summed E-state index contributed by atoms with van der Waals surface area (Å²) in [6.45, 7) is 8.82. The Morgan fingerprint density at radius 3 is 2.68 bits per heavy atom. The fourth-order valence-electron chi connectivity index (χ4n) is 4.03. The van der Waals surface area contributed by atoms with E-state index in [0.717, 1.165) is 37.5 Å². The molecule has 3 heterocycles. The number of rotatable bonds is 5. The zero-order valence-electron chi connectivity index (χ0n) is 18.3. The first kappa shape index (κ1) is 21.2. The van der Waals surface area contributed by atoms with Crippen molar-refractivity contribution in [3.05, 3.63) is 47.4 Å². The molecule has 31 heavy (non-hydrogen) atoms. The number of nitrogens with two attached hydrogens (primary N) is 1. The normalized spacial score (nSPS) is 17.9. The van der Waals surface area contributed by atoms with Crippen molar-refractivity contribution in [2.75, 3.05) is 29.0 Å². The Kier molecular flexibility index (Phi) is 5.41. The molecular weight excluding hydrogens is 398 g/mol. The van der Waals surface area contributed by atoms with E-state index in [4.69, 9.17) is 5.73 Å². The summed E-state index contributed by atoms with van der Waals surface area (Å²) in [5.41, 5.74) is 8.41. The van der Waals surface area contributed by atoms with Crippen molar-refractivity contribution in [1.82, 2.24) is 15.0 Å². The van der Waals surface area contributed by atoms with Gasteiger partial charge in [0.05, 0.1) is 23.3 Å². The maximum Gasteiger partial charge on any atom is 0.270 e. The third-order valence-corrected chi connectivity index (χ3v) is 5.78. The molecule has 164 valence electrons. The van der Waals surface area contributed by atoms with Crippen LogP contribution in [0.15, 0.2) is 30.5 Å². The first-order valence-corrected chi connectivity index (χ1v) is 10.5. The van der Waals surface area contributed by atoms with Gasteiger partial charge in [-0.2, -0.15) is 0 Å². The van der Waals surface area contributed by atoms with Gasteiger partial charge in [0.25, 0.3) is 5.92 Å². The number of halogens is 2. The third kappa shape index (κ3) is 4.52. The molecule has 0 radical (unpaired) electrons. The predicted octanol–water partition coefficient (Wildman–Crippen LogP) is 5.05. The topological polar surface area (TPSA) is 80.0 Å². The molecule has 0 unspecified atom stereocenters. The van der Waals surface area contributed by atoms with Gasteiger partial charge in [-0.1, -0.05) is 6.92 Å². The molecule has 1 fully saturated rings. The second-order valence-corrected chi connectivity index (χ2v) is 8.67. The van der Waals surface area contributed by atoms with Crippen LogP contribution in [0.2, 0.25) is 0 Å². The summed E-state index contributed by atoms with van der Waals surface area (Å²) in [6, 6.07) is 6.27. The second kappa shape index (κ2) is 7.90. The standard InChI is InChI=1S/C23H28F2N6/c1-13-5-6-31(12-13)19-10-20-21(27-11-19)29-15(3)30-22(20)28-14(2)16-7-17(23(4,24)25)9-18(26)8-16/h7-11,13-14H,5-6,12,26H2,1-4H3,(H,27,28,29,30)/t13-,14-/m1/s1. The number of nitrogen functional groups attached to an aromatic ring is 1. The van der Waals surface area contributed by atoms with Crippen LogP contribution < -0.4 is 16.0 Å². The number of hydrogen-bond donors (Lipinski definition) is 2. The minimum atomic E-state index is -2.96. The molecular formula is C23H28F2N6. The summed E-state index contributed by atoms with van der Waals surface area (Å²) in [5, 5.41) is 4.17. The quantitative estimate of drug-likeness (QED) is 0.556. The lowest BCUT2D eigenvalue weighted by molar-refractivity contribution is 0.0174. The van der Waals surface area contributed by atoms with Gasteiger partial charge in [-0.05, 0) is 56.0 Å². The number of alkyl halides is 2. The first-order valence-electron chi connectivity index (χ1n) is 10.5. The zero-order valence-corrected chi connectivity index (χ0v) is 18.3. The van der Waals surface area contributed by atoms with Crippen LogP contribution >= 0.6 is 0 Å². The van der Waals surface area contributed by atoms with Crippen LogP contribution in [0.3, 0.4) is 0 Å². The number of aromatic nitrogens is 3. The summed E-state index contributed by atoms with van der Waals surface area (Å²) in [4.78, 5) is 15.9. The maximum absolute atomic E-state index is 13.9. The van der Waals surface area contributed by atoms with Crippen LogP contribution in [0.1, 0.15) is 50.2 Å². The molecule has 1 saturated heterocycles. The van der Waals surface area contributed by atoms with Crippen molar-refractivity contribution in [1.29, 1.82) is 0 Å². The van der Waals surface area contributed by atoms with E-state index < -0.39 is 5.92 Å². The van der Waals surface area contributed by atoms with Crippen molar-refractivity contribution >= 4 is 28.2 Å². The Morgan fingerprint density at radius 1 is 1.23 bits per heavy atom. The number of aryl methyl sites for hydroxylation is 1. The van der Waals surface area contributed by atoms with E-state index in [1.165, 1.54) is 12.1 Å². The Morgan fingerprint density at radius 2 is 2.00 bits per heavy atom.